The maximum absolute atomic E-state index is 12.6. The van der Waals surface area contributed by atoms with Gasteiger partial charge in [0.05, 0.1) is 0 Å². The third-order valence-corrected chi connectivity index (χ3v) is 4.72. The second-order valence-corrected chi connectivity index (χ2v) is 8.68. The van der Waals surface area contributed by atoms with Gasteiger partial charge in [0.1, 0.15) is 0 Å². The first kappa shape index (κ1) is 16.6. The van der Waals surface area contributed by atoms with Crippen molar-refractivity contribution in [1.29, 1.82) is 0 Å². The van der Waals surface area contributed by atoms with Crippen molar-refractivity contribution in [3.8, 4) is 0 Å². The van der Waals surface area contributed by atoms with Crippen LogP contribution in [0.3, 0.4) is 0 Å². The second kappa shape index (κ2) is 5.14. The first-order valence-corrected chi connectivity index (χ1v) is 8.38. The van der Waals surface area contributed by atoms with Gasteiger partial charge in [0.25, 0.3) is 0 Å². The van der Waals surface area contributed by atoms with Crippen LogP contribution < -0.4 is 0 Å². The maximum Gasteiger partial charge on any atom is 0.233 e. The molecule has 1 aliphatic rings. The van der Waals surface area contributed by atoms with Crippen molar-refractivity contribution in [3.05, 3.63) is 52.6 Å². The van der Waals surface area contributed by atoms with E-state index in [4.69, 9.17) is 0 Å². The van der Waals surface area contributed by atoms with E-state index in [2.05, 4.69) is 39.0 Å². The highest BCUT2D eigenvalue weighted by Crippen LogP contribution is 2.37. The number of ketones is 2. The molecule has 0 radical (unpaired) electrons. The molecule has 0 amide bonds. The molecule has 0 N–H and O–H groups in total. The standard InChI is InChI=1S/C22H24O2/c1-21(2,3)14-9-7-13-8-10-15-17(16(13)11-14)12-18(22(4,5)6)20(24)19(15)23/h7-12H,1-6H3. The monoisotopic (exact) mass is 320 g/mol. The molecule has 0 unspecified atom stereocenters. The third-order valence-electron chi connectivity index (χ3n) is 4.72. The molecule has 24 heavy (non-hydrogen) atoms. The molecule has 0 heterocycles. The Kier molecular flexibility index (Phi) is 3.56. The van der Waals surface area contributed by atoms with E-state index in [1.54, 1.807) is 6.07 Å². The van der Waals surface area contributed by atoms with Gasteiger partial charge in [-0.15, -0.1) is 0 Å². The minimum Gasteiger partial charge on any atom is -0.285 e. The summed E-state index contributed by atoms with van der Waals surface area (Å²) in [6, 6.07) is 10.1. The zero-order valence-corrected chi connectivity index (χ0v) is 15.3. The normalized spacial score (nSPS) is 15.5. The lowest BCUT2D eigenvalue weighted by Crippen LogP contribution is -2.28. The van der Waals surface area contributed by atoms with Crippen LogP contribution in [0.25, 0.3) is 16.8 Å². The lowest BCUT2D eigenvalue weighted by atomic mass is 9.76. The number of fused-ring (bicyclic) bond motifs is 3. The zero-order valence-electron chi connectivity index (χ0n) is 15.3. The molecular formula is C22H24O2. The molecule has 1 aliphatic carbocycles. The SMILES string of the molecule is CC(C)(C)C1=Cc2c(ccc3ccc(C(C)(C)C)cc23)C(=O)C1=O. The summed E-state index contributed by atoms with van der Waals surface area (Å²) in [6.07, 6.45) is 1.92. The average molecular weight is 320 g/mol. The van der Waals surface area contributed by atoms with Crippen molar-refractivity contribution in [2.24, 2.45) is 5.41 Å². The molecule has 0 aliphatic heterocycles. The molecule has 3 rings (SSSR count). The molecule has 2 aromatic carbocycles. The van der Waals surface area contributed by atoms with Gasteiger partial charge in [0, 0.05) is 11.1 Å². The van der Waals surface area contributed by atoms with Crippen LogP contribution in [0.2, 0.25) is 0 Å². The Balaban J connectivity index is 2.37. The quantitative estimate of drug-likeness (QED) is 0.615. The lowest BCUT2D eigenvalue weighted by Gasteiger charge is -2.26. The Morgan fingerprint density at radius 1 is 0.750 bits per heavy atom. The molecule has 0 aromatic heterocycles. The van der Waals surface area contributed by atoms with E-state index >= 15 is 0 Å². The molecule has 0 fully saturated rings. The fourth-order valence-electron chi connectivity index (χ4n) is 3.17. The second-order valence-electron chi connectivity index (χ2n) is 8.68. The van der Waals surface area contributed by atoms with E-state index in [9.17, 15) is 9.59 Å². The van der Waals surface area contributed by atoms with Crippen LogP contribution in [0.1, 0.15) is 63.0 Å². The van der Waals surface area contributed by atoms with Crippen molar-refractivity contribution in [3.63, 3.8) is 0 Å². The smallest absolute Gasteiger partial charge is 0.233 e. The van der Waals surface area contributed by atoms with E-state index < -0.39 is 0 Å². The number of benzene rings is 2. The van der Waals surface area contributed by atoms with Crippen LogP contribution in [0.4, 0.5) is 0 Å². The Morgan fingerprint density at radius 3 is 1.96 bits per heavy atom. The van der Waals surface area contributed by atoms with E-state index in [1.807, 2.05) is 32.9 Å². The van der Waals surface area contributed by atoms with Crippen molar-refractivity contribution >= 4 is 28.4 Å². The van der Waals surface area contributed by atoms with E-state index in [0.29, 0.717) is 11.1 Å². The summed E-state index contributed by atoms with van der Waals surface area (Å²) in [7, 11) is 0. The Labute approximate surface area is 143 Å². The van der Waals surface area contributed by atoms with Gasteiger partial charge in [-0.3, -0.25) is 9.59 Å². The van der Waals surface area contributed by atoms with Gasteiger partial charge in [0.15, 0.2) is 0 Å². The number of hydrogen-bond donors (Lipinski definition) is 0. The maximum atomic E-state index is 12.6. The summed E-state index contributed by atoms with van der Waals surface area (Å²) in [5.41, 5.74) is 2.89. The van der Waals surface area contributed by atoms with Crippen LogP contribution in [0, 0.1) is 5.41 Å². The van der Waals surface area contributed by atoms with Crippen LogP contribution in [0.15, 0.2) is 35.9 Å². The molecule has 2 heteroatoms. The van der Waals surface area contributed by atoms with Crippen LogP contribution >= 0.6 is 0 Å². The van der Waals surface area contributed by atoms with Gasteiger partial charge in [-0.25, -0.2) is 0 Å². The molecule has 0 bridgehead atoms. The number of carbonyl (C=O) groups is 2. The number of allylic oxidation sites excluding steroid dienone is 1. The topological polar surface area (TPSA) is 34.1 Å². The molecule has 2 nitrogen and oxygen atoms in total. The van der Waals surface area contributed by atoms with Crippen LogP contribution in [-0.4, -0.2) is 11.6 Å². The summed E-state index contributed by atoms with van der Waals surface area (Å²) < 4.78 is 0. The number of rotatable bonds is 0. The number of carbonyl (C=O) groups excluding carboxylic acids is 2. The van der Waals surface area contributed by atoms with Gasteiger partial charge >= 0.3 is 0 Å². The summed E-state index contributed by atoms with van der Waals surface area (Å²) in [5.74, 6) is -0.762. The first-order chi connectivity index (χ1) is 11.0. The fraction of sp³-hybridized carbons (Fsp3) is 0.364. The van der Waals surface area contributed by atoms with E-state index in [0.717, 1.165) is 16.3 Å². The highest BCUT2D eigenvalue weighted by Gasteiger charge is 2.34. The molecule has 0 atom stereocenters. The highest BCUT2D eigenvalue weighted by molar-refractivity contribution is 6.52. The number of hydrogen-bond acceptors (Lipinski definition) is 2. The Morgan fingerprint density at radius 2 is 1.38 bits per heavy atom. The zero-order chi connectivity index (χ0) is 17.9. The summed E-state index contributed by atoms with van der Waals surface area (Å²) in [4.78, 5) is 25.1. The predicted molar refractivity (Wildman–Crippen MR) is 99.4 cm³/mol. The van der Waals surface area contributed by atoms with Crippen molar-refractivity contribution in [2.75, 3.05) is 0 Å². The first-order valence-electron chi connectivity index (χ1n) is 8.38. The highest BCUT2D eigenvalue weighted by atomic mass is 16.2. The molecule has 2 aromatic rings. The summed E-state index contributed by atoms with van der Waals surface area (Å²) in [6.45, 7) is 12.4. The van der Waals surface area contributed by atoms with Gasteiger partial charge in [0.2, 0.25) is 11.6 Å². The van der Waals surface area contributed by atoms with Gasteiger partial charge in [-0.1, -0.05) is 59.7 Å². The van der Waals surface area contributed by atoms with Gasteiger partial charge in [-0.05, 0) is 50.9 Å². The third kappa shape index (κ3) is 2.60. The number of Topliss-reactive ketones (excluding diaryl/α,β-unsaturated/α-hetero) is 2. The Hall–Kier alpha value is -2.22. The van der Waals surface area contributed by atoms with Gasteiger partial charge in [-0.2, -0.15) is 0 Å². The molecule has 0 saturated carbocycles. The predicted octanol–water partition coefficient (Wildman–Crippen LogP) is 5.33. The lowest BCUT2D eigenvalue weighted by molar-refractivity contribution is -0.112. The van der Waals surface area contributed by atoms with Crippen molar-refractivity contribution in [2.45, 2.75) is 47.0 Å². The fourth-order valence-corrected chi connectivity index (χ4v) is 3.17. The summed E-state index contributed by atoms with van der Waals surface area (Å²) in [5, 5.41) is 2.14. The van der Waals surface area contributed by atoms with Crippen LogP contribution in [0.5, 0.6) is 0 Å². The minimum atomic E-state index is -0.388. The van der Waals surface area contributed by atoms with Crippen LogP contribution in [-0.2, 0) is 10.2 Å². The molecule has 0 spiro atoms. The molecular weight excluding hydrogens is 296 g/mol. The van der Waals surface area contributed by atoms with E-state index in [-0.39, 0.29) is 22.4 Å². The largest absolute Gasteiger partial charge is 0.285 e. The molecule has 0 saturated heterocycles. The Bertz CT molecular complexity index is 900. The summed E-state index contributed by atoms with van der Waals surface area (Å²) >= 11 is 0. The average Bonchev–Trinajstić information content (AvgIpc) is 2.47. The molecule has 124 valence electrons. The van der Waals surface area contributed by atoms with Gasteiger partial charge < -0.3 is 0 Å². The van der Waals surface area contributed by atoms with Crippen molar-refractivity contribution < 1.29 is 9.59 Å². The van der Waals surface area contributed by atoms with Crippen molar-refractivity contribution in [1.82, 2.24) is 0 Å². The minimum absolute atomic E-state index is 0.0297. The van der Waals surface area contributed by atoms with E-state index in [1.165, 1.54) is 5.56 Å².